The van der Waals surface area contributed by atoms with Crippen LogP contribution < -0.4 is 10.0 Å². The Morgan fingerprint density at radius 3 is 1.85 bits per heavy atom. The van der Waals surface area contributed by atoms with E-state index in [1.165, 1.54) is 44.1 Å². The maximum Gasteiger partial charge on any atom is 0.329 e. The molecule has 308 valence electrons. The number of ketones is 1. The number of hydrogen-bond acceptors (Lipinski definition) is 12. The van der Waals surface area contributed by atoms with Crippen LogP contribution in [0.5, 0.6) is 0 Å². The summed E-state index contributed by atoms with van der Waals surface area (Å²) in [5.74, 6) is -2.45. The predicted octanol–water partition coefficient (Wildman–Crippen LogP) is 4.82. The average molecular weight is 795 g/mol. The molecule has 0 atom stereocenters. The lowest BCUT2D eigenvalue weighted by Crippen LogP contribution is -2.28. The summed E-state index contributed by atoms with van der Waals surface area (Å²) in [6.45, 7) is 1.19. The summed E-state index contributed by atoms with van der Waals surface area (Å²) in [6, 6.07) is 6.80. The molecule has 0 radical (unpaired) electrons. The minimum absolute atomic E-state index is 0.0507. The fraction of sp³-hybridized carbons (Fsp3) is 0.632. The number of amides is 1. The first-order valence-electron chi connectivity index (χ1n) is 19.0. The van der Waals surface area contributed by atoms with Crippen LogP contribution in [0.1, 0.15) is 106 Å². The highest BCUT2D eigenvalue weighted by molar-refractivity contribution is 7.92. The number of carboxylic acids is 2. The molecule has 0 spiro atoms. The first-order chi connectivity index (χ1) is 26.6. The number of benzene rings is 1. The number of carbonyl (C=O) groups is 4. The van der Waals surface area contributed by atoms with Gasteiger partial charge in [-0.2, -0.15) is 0 Å². The second-order valence-corrected chi connectivity index (χ2v) is 14.6. The van der Waals surface area contributed by atoms with Gasteiger partial charge in [-0.1, -0.05) is 69.9 Å². The molecule has 17 heteroatoms. The van der Waals surface area contributed by atoms with Crippen LogP contribution in [0, 0.1) is 0 Å². The smallest absolute Gasteiger partial charge is 0.329 e. The van der Waals surface area contributed by atoms with Crippen molar-refractivity contribution in [2.75, 3.05) is 64.1 Å². The highest BCUT2D eigenvalue weighted by atomic mass is 32.2. The largest absolute Gasteiger partial charge is 0.481 e. The number of nitrogens with one attached hydrogen (secondary N) is 2. The third-order valence-corrected chi connectivity index (χ3v) is 9.54. The van der Waals surface area contributed by atoms with Crippen molar-refractivity contribution in [1.29, 1.82) is 0 Å². The normalized spacial score (nSPS) is 11.3. The number of aryl methyl sites for hydroxylation is 1. The zero-order valence-corrected chi connectivity index (χ0v) is 32.5. The Kier molecular flexibility index (Phi) is 25.1. The number of unbranched alkanes of at least 4 members (excludes halogenated alkanes) is 10. The molecule has 2 rings (SSSR count). The molecule has 0 saturated heterocycles. The van der Waals surface area contributed by atoms with Crippen molar-refractivity contribution in [3.8, 4) is 0 Å². The molecular weight excluding hydrogens is 737 g/mol. The third kappa shape index (κ3) is 24.2. The topological polar surface area (TPSA) is 230 Å². The minimum atomic E-state index is -3.94. The number of aromatic nitrogens is 2. The van der Waals surface area contributed by atoms with Crippen molar-refractivity contribution >= 4 is 39.6 Å². The van der Waals surface area contributed by atoms with E-state index in [0.29, 0.717) is 19.4 Å². The lowest BCUT2D eigenvalue weighted by molar-refractivity contribution is -0.143. The molecule has 0 bridgehead atoms. The van der Waals surface area contributed by atoms with Crippen molar-refractivity contribution in [1.82, 2.24) is 15.3 Å². The number of aliphatic carboxylic acids is 2. The van der Waals surface area contributed by atoms with E-state index in [-0.39, 0.29) is 81.4 Å². The Morgan fingerprint density at radius 2 is 1.22 bits per heavy atom. The first kappa shape index (κ1) is 47.1. The van der Waals surface area contributed by atoms with Crippen molar-refractivity contribution in [3.63, 3.8) is 0 Å². The van der Waals surface area contributed by atoms with Gasteiger partial charge in [0, 0.05) is 38.4 Å². The molecule has 1 aromatic heterocycles. The second kappa shape index (κ2) is 29.3. The van der Waals surface area contributed by atoms with E-state index in [0.717, 1.165) is 56.9 Å². The molecule has 1 amide bonds. The number of carbonyl (C=O) groups excluding carboxylic acids is 2. The Labute approximate surface area is 324 Å². The Balaban J connectivity index is 1.54. The van der Waals surface area contributed by atoms with Crippen LogP contribution in [0.3, 0.4) is 0 Å². The van der Waals surface area contributed by atoms with E-state index in [4.69, 9.17) is 29.2 Å². The lowest BCUT2D eigenvalue weighted by Gasteiger charge is -2.09. The van der Waals surface area contributed by atoms with Gasteiger partial charge >= 0.3 is 11.9 Å². The van der Waals surface area contributed by atoms with E-state index in [1.54, 1.807) is 12.1 Å². The van der Waals surface area contributed by atoms with Gasteiger partial charge in [0.15, 0.2) is 5.78 Å². The number of anilines is 1. The number of Topliss-reactive ketones (excluding diaryl/α,β-unsaturated/α-hetero) is 1. The minimum Gasteiger partial charge on any atom is -0.481 e. The molecule has 0 aliphatic rings. The Hall–Kier alpha value is -4.03. The van der Waals surface area contributed by atoms with E-state index < -0.39 is 27.9 Å². The summed E-state index contributed by atoms with van der Waals surface area (Å²) in [7, 11) is -3.94. The molecule has 1 aromatic carbocycles. The highest BCUT2D eigenvalue weighted by Gasteiger charge is 2.17. The van der Waals surface area contributed by atoms with Gasteiger partial charge in [-0.25, -0.2) is 27.9 Å². The van der Waals surface area contributed by atoms with Crippen LogP contribution >= 0.6 is 0 Å². The quantitative estimate of drug-likeness (QED) is 0.0687. The SMILES string of the molecule is O=C(O)CCCCCCCCCCCCCc1cccc(S(=O)(=O)Nc2ncc(C(=O)NCCOCCOCC(=O)CCCOCCOCC(=O)O)cn2)c1. The molecule has 2 aromatic rings. The molecule has 55 heavy (non-hydrogen) atoms. The third-order valence-electron chi connectivity index (χ3n) is 8.21. The second-order valence-electron chi connectivity index (χ2n) is 13.0. The van der Waals surface area contributed by atoms with E-state index in [1.807, 2.05) is 6.07 Å². The molecule has 0 saturated carbocycles. The predicted molar refractivity (Wildman–Crippen MR) is 204 cm³/mol. The standard InChI is InChI=1S/C38H58N4O12S/c43-33(16-13-20-51-22-25-54-30-36(46)47)29-53-24-23-52-21-19-39-37(48)32-27-40-38(41-28-32)42-55(49,50)34-17-12-15-31(26-34)14-10-8-6-4-2-1-3-5-7-9-11-18-35(44)45/h12,15,17,26-28H,1-11,13-14,16,18-25,29-30H2,(H,39,48)(H,44,45)(H,46,47)(H,40,41,42). The van der Waals surface area contributed by atoms with E-state index in [9.17, 15) is 27.6 Å². The first-order valence-corrected chi connectivity index (χ1v) is 20.5. The van der Waals surface area contributed by atoms with Gasteiger partial charge in [0.05, 0.1) is 43.5 Å². The maximum atomic E-state index is 13.0. The maximum absolute atomic E-state index is 13.0. The fourth-order valence-electron chi connectivity index (χ4n) is 5.31. The number of carboxylic acid groups (broad SMARTS) is 2. The highest BCUT2D eigenvalue weighted by Crippen LogP contribution is 2.18. The van der Waals surface area contributed by atoms with Crippen molar-refractivity contribution in [2.45, 2.75) is 101 Å². The number of ether oxygens (including phenoxy) is 4. The Bertz CT molecular complexity index is 1510. The molecular formula is C38H58N4O12S. The van der Waals surface area contributed by atoms with Gasteiger partial charge < -0.3 is 34.5 Å². The summed E-state index contributed by atoms with van der Waals surface area (Å²) in [5.41, 5.74) is 1.08. The monoisotopic (exact) mass is 794 g/mol. The van der Waals surface area contributed by atoms with Gasteiger partial charge in [-0.15, -0.1) is 0 Å². The average Bonchev–Trinajstić information content (AvgIpc) is 3.15. The zero-order valence-electron chi connectivity index (χ0n) is 31.7. The lowest BCUT2D eigenvalue weighted by atomic mass is 10.0. The number of rotatable bonds is 35. The molecule has 4 N–H and O–H groups in total. The van der Waals surface area contributed by atoms with Crippen LogP contribution in [0.15, 0.2) is 41.6 Å². The molecule has 0 unspecified atom stereocenters. The molecule has 1 heterocycles. The Morgan fingerprint density at radius 1 is 0.636 bits per heavy atom. The van der Waals surface area contributed by atoms with Crippen LogP contribution in [0.4, 0.5) is 5.95 Å². The van der Waals surface area contributed by atoms with Crippen LogP contribution in [0.25, 0.3) is 0 Å². The van der Waals surface area contributed by atoms with Gasteiger partial charge in [0.1, 0.15) is 13.2 Å². The zero-order chi connectivity index (χ0) is 40.0. The van der Waals surface area contributed by atoms with Crippen LogP contribution in [0.2, 0.25) is 0 Å². The fourth-order valence-corrected chi connectivity index (χ4v) is 6.34. The van der Waals surface area contributed by atoms with Crippen molar-refractivity contribution in [2.24, 2.45) is 0 Å². The van der Waals surface area contributed by atoms with Gasteiger partial charge in [-0.05, 0) is 43.4 Å². The molecule has 16 nitrogen and oxygen atoms in total. The van der Waals surface area contributed by atoms with Crippen molar-refractivity contribution in [3.05, 3.63) is 47.8 Å². The summed E-state index contributed by atoms with van der Waals surface area (Å²) in [5, 5.41) is 19.8. The van der Waals surface area contributed by atoms with Crippen LogP contribution in [-0.2, 0) is 49.8 Å². The van der Waals surface area contributed by atoms with Gasteiger partial charge in [0.25, 0.3) is 15.9 Å². The number of sulfonamides is 1. The summed E-state index contributed by atoms with van der Waals surface area (Å²) in [4.78, 5) is 53.3. The van der Waals surface area contributed by atoms with Crippen molar-refractivity contribution < 1.29 is 56.8 Å². The van der Waals surface area contributed by atoms with E-state index >= 15 is 0 Å². The summed E-state index contributed by atoms with van der Waals surface area (Å²) < 4.78 is 49.2. The van der Waals surface area contributed by atoms with E-state index in [2.05, 4.69) is 20.0 Å². The van der Waals surface area contributed by atoms with Gasteiger partial charge in [-0.3, -0.25) is 14.4 Å². The summed E-state index contributed by atoms with van der Waals surface area (Å²) >= 11 is 0. The van der Waals surface area contributed by atoms with Crippen LogP contribution in [-0.4, -0.2) is 112 Å². The molecule has 0 aliphatic carbocycles. The molecule has 0 fully saturated rings. The number of nitrogens with zero attached hydrogens (tertiary/aromatic N) is 2. The summed E-state index contributed by atoms with van der Waals surface area (Å²) in [6.07, 6.45) is 16.2. The number of hydrogen-bond donors (Lipinski definition) is 4. The molecule has 0 aliphatic heterocycles. The van der Waals surface area contributed by atoms with Gasteiger partial charge in [0.2, 0.25) is 5.95 Å².